The molecule has 0 atom stereocenters. The van der Waals surface area contributed by atoms with Crippen molar-refractivity contribution in [1.82, 2.24) is 0 Å². The van der Waals surface area contributed by atoms with E-state index in [2.05, 4.69) is 6.92 Å². The number of anilines is 1. The van der Waals surface area contributed by atoms with Gasteiger partial charge in [-0.25, -0.2) is 9.18 Å². The highest BCUT2D eigenvalue weighted by Gasteiger charge is 2.25. The maximum absolute atomic E-state index is 14.0. The monoisotopic (exact) mass is 401 g/mol. The molecule has 3 aromatic rings. The molecule has 2 heterocycles. The summed E-state index contributed by atoms with van der Waals surface area (Å²) in [5.41, 5.74) is 3.03. The van der Waals surface area contributed by atoms with Crippen molar-refractivity contribution in [3.63, 3.8) is 0 Å². The minimum Gasteiger partial charge on any atom is -0.471 e. The number of rotatable bonds is 4. The Kier molecular flexibility index (Phi) is 5.02. The van der Waals surface area contributed by atoms with Gasteiger partial charge in [0.05, 0.1) is 17.1 Å². The highest BCUT2D eigenvalue weighted by atomic mass is 35.5. The number of nitrogens with zero attached hydrogens (tertiary/aromatic N) is 1. The molecule has 2 aromatic carbocycles. The molecule has 0 spiro atoms. The van der Waals surface area contributed by atoms with Crippen LogP contribution in [0.3, 0.4) is 0 Å². The maximum Gasteiger partial charge on any atom is 0.336 e. The summed E-state index contributed by atoms with van der Waals surface area (Å²) in [6.45, 7) is 4.48. The molecule has 28 heavy (non-hydrogen) atoms. The van der Waals surface area contributed by atoms with Crippen LogP contribution in [-0.2, 0) is 13.0 Å². The van der Waals surface area contributed by atoms with Crippen LogP contribution < -0.4 is 15.3 Å². The highest BCUT2D eigenvalue weighted by molar-refractivity contribution is 6.33. The average molecular weight is 402 g/mol. The predicted molar refractivity (Wildman–Crippen MR) is 109 cm³/mol. The quantitative estimate of drug-likeness (QED) is 0.534. The Bertz CT molecular complexity index is 1110. The Morgan fingerprint density at radius 3 is 2.82 bits per heavy atom. The molecule has 0 bridgehead atoms. The van der Waals surface area contributed by atoms with Gasteiger partial charge in [-0.3, -0.25) is 0 Å². The van der Waals surface area contributed by atoms with Crippen LogP contribution in [0.2, 0.25) is 5.02 Å². The van der Waals surface area contributed by atoms with Crippen molar-refractivity contribution in [3.8, 4) is 5.75 Å². The molecule has 0 unspecified atom stereocenters. The Balaban J connectivity index is 1.83. The van der Waals surface area contributed by atoms with Crippen molar-refractivity contribution >= 4 is 28.3 Å². The van der Waals surface area contributed by atoms with E-state index >= 15 is 0 Å². The van der Waals surface area contributed by atoms with Gasteiger partial charge >= 0.3 is 5.63 Å². The van der Waals surface area contributed by atoms with Crippen LogP contribution in [0.1, 0.15) is 36.5 Å². The fraction of sp³-hybridized carbons (Fsp3) is 0.318. The third-order valence-corrected chi connectivity index (χ3v) is 5.44. The summed E-state index contributed by atoms with van der Waals surface area (Å²) in [6.07, 6.45) is 2.77. The number of ether oxygens (including phenoxy) is 1. The summed E-state index contributed by atoms with van der Waals surface area (Å²) in [7, 11) is 0. The Hall–Kier alpha value is -2.53. The van der Waals surface area contributed by atoms with Crippen LogP contribution >= 0.6 is 11.6 Å². The first-order chi connectivity index (χ1) is 13.5. The molecular weight excluding hydrogens is 381 g/mol. The minimum absolute atomic E-state index is 0.237. The van der Waals surface area contributed by atoms with Gasteiger partial charge in [-0.2, -0.15) is 0 Å². The van der Waals surface area contributed by atoms with E-state index < -0.39 is 0 Å². The Labute approximate surface area is 167 Å². The van der Waals surface area contributed by atoms with Gasteiger partial charge in [0.15, 0.2) is 6.73 Å². The average Bonchev–Trinajstić information content (AvgIpc) is 2.69. The van der Waals surface area contributed by atoms with E-state index in [-0.39, 0.29) is 18.2 Å². The van der Waals surface area contributed by atoms with Gasteiger partial charge in [-0.15, -0.1) is 0 Å². The van der Waals surface area contributed by atoms with Gasteiger partial charge in [0.2, 0.25) is 0 Å². The van der Waals surface area contributed by atoms with Crippen LogP contribution in [0.15, 0.2) is 39.5 Å². The lowest BCUT2D eigenvalue weighted by atomic mass is 10.0. The fourth-order valence-corrected chi connectivity index (χ4v) is 3.85. The zero-order valence-corrected chi connectivity index (χ0v) is 16.6. The molecule has 0 amide bonds. The van der Waals surface area contributed by atoms with E-state index in [1.165, 1.54) is 12.1 Å². The van der Waals surface area contributed by atoms with E-state index in [9.17, 15) is 9.18 Å². The molecule has 6 heteroatoms. The third-order valence-electron chi connectivity index (χ3n) is 5.16. The number of benzene rings is 2. The van der Waals surface area contributed by atoms with E-state index in [1.54, 1.807) is 13.0 Å². The van der Waals surface area contributed by atoms with Crippen LogP contribution in [0.5, 0.6) is 5.75 Å². The Morgan fingerprint density at radius 2 is 2.07 bits per heavy atom. The molecule has 0 N–H and O–H groups in total. The molecule has 146 valence electrons. The van der Waals surface area contributed by atoms with E-state index in [0.717, 1.165) is 30.2 Å². The zero-order valence-electron chi connectivity index (χ0n) is 15.9. The molecule has 4 rings (SSSR count). The molecule has 0 fully saturated rings. The van der Waals surface area contributed by atoms with Crippen LogP contribution in [0.4, 0.5) is 10.1 Å². The molecule has 0 aliphatic carbocycles. The molecular formula is C22H21ClFNO3. The van der Waals surface area contributed by atoms with Crippen molar-refractivity contribution in [2.24, 2.45) is 0 Å². The van der Waals surface area contributed by atoms with Crippen molar-refractivity contribution < 1.29 is 13.5 Å². The topological polar surface area (TPSA) is 42.7 Å². The van der Waals surface area contributed by atoms with Crippen LogP contribution in [-0.4, -0.2) is 6.73 Å². The highest BCUT2D eigenvalue weighted by Crippen LogP contribution is 2.40. The fourth-order valence-electron chi connectivity index (χ4n) is 3.57. The van der Waals surface area contributed by atoms with Gasteiger partial charge in [0.25, 0.3) is 0 Å². The second-order valence-electron chi connectivity index (χ2n) is 7.14. The smallest absolute Gasteiger partial charge is 0.336 e. The zero-order chi connectivity index (χ0) is 19.8. The summed E-state index contributed by atoms with van der Waals surface area (Å²) in [6, 6.07) is 8.42. The predicted octanol–water partition coefficient (Wildman–Crippen LogP) is 5.59. The largest absolute Gasteiger partial charge is 0.471 e. The minimum atomic E-state index is -0.387. The first kappa shape index (κ1) is 18.8. The van der Waals surface area contributed by atoms with Gasteiger partial charge in [0, 0.05) is 17.1 Å². The molecule has 1 aliphatic rings. The molecule has 0 saturated carbocycles. The van der Waals surface area contributed by atoms with E-state index in [4.69, 9.17) is 20.8 Å². The van der Waals surface area contributed by atoms with Crippen molar-refractivity contribution in [2.75, 3.05) is 11.6 Å². The van der Waals surface area contributed by atoms with Crippen LogP contribution in [0.25, 0.3) is 11.0 Å². The SMILES string of the molecule is CCCCc1cc(=O)oc2c3c(c(Cl)cc12)OCN(c1ccc(C)c(F)c1)C3. The van der Waals surface area contributed by atoms with Gasteiger partial charge < -0.3 is 14.1 Å². The lowest BCUT2D eigenvalue weighted by Gasteiger charge is -2.31. The van der Waals surface area contributed by atoms with Crippen molar-refractivity contribution in [3.05, 3.63) is 68.3 Å². The number of fused-ring (bicyclic) bond motifs is 3. The first-order valence-electron chi connectivity index (χ1n) is 9.40. The standard InChI is InChI=1S/C22H21ClFNO3/c1-3-4-5-14-8-20(26)28-21-16(14)10-18(23)22-17(21)11-25(12-27-22)15-7-6-13(2)19(24)9-15/h6-10H,3-5,11-12H2,1-2H3. The molecule has 0 radical (unpaired) electrons. The van der Waals surface area contributed by atoms with Crippen molar-refractivity contribution in [2.45, 2.75) is 39.7 Å². The molecule has 1 aliphatic heterocycles. The van der Waals surface area contributed by atoms with Crippen LogP contribution in [0, 0.1) is 12.7 Å². The molecule has 0 saturated heterocycles. The summed E-state index contributed by atoms with van der Waals surface area (Å²) in [4.78, 5) is 14.1. The normalized spacial score (nSPS) is 13.5. The number of unbranched alkanes of at least 4 members (excludes halogenated alkanes) is 1. The summed E-state index contributed by atoms with van der Waals surface area (Å²) in [5, 5.41) is 1.32. The van der Waals surface area contributed by atoms with Gasteiger partial charge in [-0.05, 0) is 49.1 Å². The molecule has 1 aromatic heterocycles. The summed E-state index contributed by atoms with van der Waals surface area (Å²) in [5.74, 6) is 0.251. The lowest BCUT2D eigenvalue weighted by molar-refractivity contribution is 0.289. The maximum atomic E-state index is 14.0. The first-order valence-corrected chi connectivity index (χ1v) is 9.77. The van der Waals surface area contributed by atoms with Crippen molar-refractivity contribution in [1.29, 1.82) is 0 Å². The number of halogens is 2. The lowest BCUT2D eigenvalue weighted by Crippen LogP contribution is -2.32. The van der Waals surface area contributed by atoms with Gasteiger partial charge in [-0.1, -0.05) is 31.0 Å². The Morgan fingerprint density at radius 1 is 1.25 bits per heavy atom. The summed E-state index contributed by atoms with van der Waals surface area (Å²) < 4.78 is 25.5. The molecule has 4 nitrogen and oxygen atoms in total. The number of hydrogen-bond acceptors (Lipinski definition) is 4. The second-order valence-corrected chi connectivity index (χ2v) is 7.55. The summed E-state index contributed by atoms with van der Waals surface area (Å²) >= 11 is 6.48. The number of hydrogen-bond donors (Lipinski definition) is 0. The van der Waals surface area contributed by atoms with E-state index in [1.807, 2.05) is 17.0 Å². The van der Waals surface area contributed by atoms with E-state index in [0.29, 0.717) is 39.7 Å². The second kappa shape index (κ2) is 7.47. The number of aryl methyl sites for hydroxylation is 2. The third kappa shape index (κ3) is 3.35. The van der Waals surface area contributed by atoms with Gasteiger partial charge in [0.1, 0.15) is 17.1 Å².